The van der Waals surface area contributed by atoms with E-state index >= 15 is 0 Å². The van der Waals surface area contributed by atoms with E-state index in [0.717, 1.165) is 6.07 Å². The molecule has 0 aliphatic carbocycles. The summed E-state index contributed by atoms with van der Waals surface area (Å²) in [4.78, 5) is 28.8. The number of hydrogen-bond donors (Lipinski definition) is 0. The topological polar surface area (TPSA) is 67.2 Å². The lowest BCUT2D eigenvalue weighted by Crippen LogP contribution is -2.35. The van der Waals surface area contributed by atoms with Gasteiger partial charge in [-0.1, -0.05) is 0 Å². The van der Waals surface area contributed by atoms with Crippen LogP contribution in [0, 0.1) is 11.6 Å². The van der Waals surface area contributed by atoms with Crippen molar-refractivity contribution in [3.05, 3.63) is 66.5 Å². The molecule has 0 atom stereocenters. The lowest BCUT2D eigenvalue weighted by Gasteiger charge is -2.25. The lowest BCUT2D eigenvalue weighted by molar-refractivity contribution is -0.127. The Hall–Kier alpha value is -3.88. The predicted molar refractivity (Wildman–Crippen MR) is 123 cm³/mol. The van der Waals surface area contributed by atoms with E-state index in [9.17, 15) is 13.6 Å². The van der Waals surface area contributed by atoms with Gasteiger partial charge in [0.05, 0.1) is 11.3 Å². The number of anilines is 1. The van der Waals surface area contributed by atoms with Gasteiger partial charge in [0.2, 0.25) is 5.91 Å². The zero-order valence-corrected chi connectivity index (χ0v) is 18.7. The molecule has 0 spiro atoms. The van der Waals surface area contributed by atoms with Gasteiger partial charge in [0.1, 0.15) is 28.8 Å². The monoisotopic (exact) mass is 450 g/mol. The highest BCUT2D eigenvalue weighted by Crippen LogP contribution is 2.30. The van der Waals surface area contributed by atoms with Crippen molar-refractivity contribution in [1.29, 1.82) is 0 Å². The number of rotatable bonds is 7. The number of aromatic nitrogens is 4. The smallest absolute Gasteiger partial charge is 0.219 e. The van der Waals surface area contributed by atoms with Gasteiger partial charge in [-0.05, 0) is 43.3 Å². The second kappa shape index (κ2) is 9.32. The fourth-order valence-electron chi connectivity index (χ4n) is 3.58. The average Bonchev–Trinajstić information content (AvgIpc) is 3.18. The summed E-state index contributed by atoms with van der Waals surface area (Å²) < 4.78 is 30.0. The van der Waals surface area contributed by atoms with Gasteiger partial charge >= 0.3 is 0 Å². The van der Waals surface area contributed by atoms with E-state index in [4.69, 9.17) is 4.98 Å². The predicted octanol–water partition coefficient (Wildman–Crippen LogP) is 4.07. The molecule has 3 heterocycles. The maximum atomic E-state index is 14.7. The van der Waals surface area contributed by atoms with Gasteiger partial charge in [0.25, 0.3) is 0 Å². The van der Waals surface area contributed by atoms with Crippen LogP contribution in [0.15, 0.2) is 54.9 Å². The number of benzene rings is 1. The Labute approximate surface area is 190 Å². The van der Waals surface area contributed by atoms with Crippen molar-refractivity contribution in [2.45, 2.75) is 13.8 Å². The molecule has 1 aromatic carbocycles. The number of fused-ring (bicyclic) bond motifs is 1. The van der Waals surface area contributed by atoms with Crippen molar-refractivity contribution in [2.75, 3.05) is 31.6 Å². The molecule has 0 aliphatic heterocycles. The van der Waals surface area contributed by atoms with Crippen LogP contribution in [0.4, 0.5) is 14.6 Å². The van der Waals surface area contributed by atoms with Crippen molar-refractivity contribution in [3.63, 3.8) is 0 Å². The molecular weight excluding hydrogens is 426 g/mol. The number of halogens is 2. The van der Waals surface area contributed by atoms with Crippen LogP contribution in [0.2, 0.25) is 0 Å². The molecule has 0 saturated heterocycles. The molecule has 0 unspecified atom stereocenters. The van der Waals surface area contributed by atoms with Gasteiger partial charge in [-0.3, -0.25) is 14.3 Å². The number of pyridine rings is 2. The number of likely N-dealkylation sites (N-methyl/N-ethyl adjacent to an activating group) is 2. The molecular formula is C24H24F2N6O. The Morgan fingerprint density at radius 3 is 2.45 bits per heavy atom. The molecule has 170 valence electrons. The molecule has 4 aromatic rings. The number of hydrogen-bond acceptors (Lipinski definition) is 5. The first-order valence-corrected chi connectivity index (χ1v) is 10.6. The van der Waals surface area contributed by atoms with Crippen molar-refractivity contribution >= 4 is 22.9 Å². The molecule has 0 fully saturated rings. The molecule has 4 rings (SSSR count). The Morgan fingerprint density at radius 1 is 1.03 bits per heavy atom. The molecule has 0 radical (unpaired) electrons. The molecule has 0 saturated carbocycles. The quantitative estimate of drug-likeness (QED) is 0.425. The van der Waals surface area contributed by atoms with Crippen molar-refractivity contribution in [1.82, 2.24) is 24.4 Å². The van der Waals surface area contributed by atoms with Crippen molar-refractivity contribution in [2.24, 2.45) is 0 Å². The molecule has 7 nitrogen and oxygen atoms in total. The van der Waals surface area contributed by atoms with Crippen molar-refractivity contribution < 1.29 is 13.6 Å². The summed E-state index contributed by atoms with van der Waals surface area (Å²) in [5.41, 5.74) is 1.99. The SMILES string of the molecule is CCN(CCN(C)C(C)=O)c1ccc2nc(-c3ccc(F)cc3F)n(-c3ccncc3)c2n1. The standard InChI is InChI=1S/C24H24F2N6O/c1-4-31(14-13-30(3)16(2)33)22-8-7-21-24(29-22)32(18-9-11-27-12-10-18)23(28-21)19-6-5-17(25)15-20(19)26/h5-12,15H,4,13-14H2,1-3H3. The van der Waals surface area contributed by atoms with Crippen LogP contribution in [0.1, 0.15) is 13.8 Å². The van der Waals surface area contributed by atoms with Crippen LogP contribution < -0.4 is 4.90 Å². The van der Waals surface area contributed by atoms with E-state index in [2.05, 4.69) is 14.9 Å². The zero-order chi connectivity index (χ0) is 23.5. The zero-order valence-electron chi connectivity index (χ0n) is 18.7. The van der Waals surface area contributed by atoms with E-state index in [1.165, 1.54) is 19.1 Å². The van der Waals surface area contributed by atoms with Crippen LogP contribution in [-0.4, -0.2) is 57.0 Å². The van der Waals surface area contributed by atoms with Gasteiger partial charge in [0, 0.05) is 52.1 Å². The summed E-state index contributed by atoms with van der Waals surface area (Å²) in [6, 6.07) is 10.7. The summed E-state index contributed by atoms with van der Waals surface area (Å²) in [6.07, 6.45) is 3.26. The molecule has 0 N–H and O–H groups in total. The minimum Gasteiger partial charge on any atom is -0.355 e. The van der Waals surface area contributed by atoms with Gasteiger partial charge in [-0.25, -0.2) is 18.7 Å². The third-order valence-electron chi connectivity index (χ3n) is 5.53. The molecule has 1 amide bonds. The Bertz CT molecular complexity index is 1290. The largest absolute Gasteiger partial charge is 0.355 e. The third kappa shape index (κ3) is 4.52. The summed E-state index contributed by atoms with van der Waals surface area (Å²) in [6.45, 7) is 5.39. The van der Waals surface area contributed by atoms with Gasteiger partial charge in [-0.15, -0.1) is 0 Å². The van der Waals surface area contributed by atoms with E-state index < -0.39 is 11.6 Å². The number of amides is 1. The highest BCUT2D eigenvalue weighted by Gasteiger charge is 2.20. The number of carbonyl (C=O) groups excluding carboxylic acids is 1. The fraction of sp³-hybridized carbons (Fsp3) is 0.250. The first-order valence-electron chi connectivity index (χ1n) is 10.6. The van der Waals surface area contributed by atoms with Gasteiger partial charge in [-0.2, -0.15) is 0 Å². The van der Waals surface area contributed by atoms with Crippen LogP contribution >= 0.6 is 0 Å². The van der Waals surface area contributed by atoms with Crippen LogP contribution in [-0.2, 0) is 4.79 Å². The minimum absolute atomic E-state index is 0.00352. The summed E-state index contributed by atoms with van der Waals surface area (Å²) in [7, 11) is 1.76. The average molecular weight is 450 g/mol. The van der Waals surface area contributed by atoms with E-state index in [1.54, 1.807) is 41.0 Å². The Kier molecular flexibility index (Phi) is 6.30. The Balaban J connectivity index is 1.84. The second-order valence-corrected chi connectivity index (χ2v) is 7.63. The Morgan fingerprint density at radius 2 is 1.79 bits per heavy atom. The summed E-state index contributed by atoms with van der Waals surface area (Å²) >= 11 is 0. The highest BCUT2D eigenvalue weighted by molar-refractivity contribution is 5.81. The molecule has 0 bridgehead atoms. The number of carbonyl (C=O) groups is 1. The van der Waals surface area contributed by atoms with E-state index in [0.29, 0.717) is 48.1 Å². The van der Waals surface area contributed by atoms with Crippen molar-refractivity contribution in [3.8, 4) is 17.1 Å². The van der Waals surface area contributed by atoms with Gasteiger partial charge in [0.15, 0.2) is 5.65 Å². The van der Waals surface area contributed by atoms with E-state index in [-0.39, 0.29) is 11.5 Å². The lowest BCUT2D eigenvalue weighted by atomic mass is 10.2. The van der Waals surface area contributed by atoms with Gasteiger partial charge < -0.3 is 9.80 Å². The molecule has 0 aliphatic rings. The number of nitrogens with zero attached hydrogens (tertiary/aromatic N) is 6. The molecule has 9 heteroatoms. The maximum absolute atomic E-state index is 14.7. The fourth-order valence-corrected chi connectivity index (χ4v) is 3.58. The normalized spacial score (nSPS) is 11.1. The third-order valence-corrected chi connectivity index (χ3v) is 5.53. The first-order chi connectivity index (χ1) is 15.9. The summed E-state index contributed by atoms with van der Waals surface area (Å²) in [5, 5.41) is 0. The minimum atomic E-state index is -0.705. The molecule has 3 aromatic heterocycles. The maximum Gasteiger partial charge on any atom is 0.219 e. The van der Waals surface area contributed by atoms with Crippen LogP contribution in [0.25, 0.3) is 28.2 Å². The molecule has 33 heavy (non-hydrogen) atoms. The number of imidazole rings is 1. The van der Waals surface area contributed by atoms with E-state index in [1.807, 2.05) is 19.1 Å². The highest BCUT2D eigenvalue weighted by atomic mass is 19.1. The van der Waals surface area contributed by atoms with Crippen LogP contribution in [0.3, 0.4) is 0 Å². The van der Waals surface area contributed by atoms with Crippen LogP contribution in [0.5, 0.6) is 0 Å². The summed E-state index contributed by atoms with van der Waals surface area (Å²) in [5.74, 6) is -0.335. The first kappa shape index (κ1) is 22.3. The second-order valence-electron chi connectivity index (χ2n) is 7.63.